The van der Waals surface area contributed by atoms with E-state index in [1.54, 1.807) is 11.0 Å². The summed E-state index contributed by atoms with van der Waals surface area (Å²) in [6, 6.07) is 0. The van der Waals surface area contributed by atoms with Crippen LogP contribution in [0.15, 0.2) is 9.66 Å². The molecule has 1 aliphatic carbocycles. The van der Waals surface area contributed by atoms with E-state index in [0.29, 0.717) is 23.0 Å². The molecule has 6 heteroatoms. The molecule has 0 aromatic heterocycles. The van der Waals surface area contributed by atoms with Crippen LogP contribution in [0.1, 0.15) is 33.1 Å². The zero-order valence-corrected chi connectivity index (χ0v) is 14.3. The maximum absolute atomic E-state index is 12.9. The molecule has 0 aromatic carbocycles. The topological polar surface area (TPSA) is 80.5 Å². The second kappa shape index (κ2) is 4.38. The number of allylic oxidation sites excluding steroid dienone is 1. The van der Waals surface area contributed by atoms with Crippen LogP contribution >= 0.6 is 22.6 Å². The normalized spacial score (nSPS) is 41.4. The molecule has 2 N–H and O–H groups in total. The number of piperidine rings is 1. The summed E-state index contributed by atoms with van der Waals surface area (Å²) in [5.41, 5.74) is 3.79. The Balaban J connectivity index is 2.18. The largest absolute Gasteiger partial charge is 0.328 e. The maximum Gasteiger partial charge on any atom is 0.247 e. The van der Waals surface area contributed by atoms with E-state index in [0.717, 1.165) is 12.7 Å². The minimum atomic E-state index is -1.18. The molecule has 0 aromatic rings. The van der Waals surface area contributed by atoms with Crippen molar-refractivity contribution in [2.24, 2.45) is 17.1 Å². The Morgan fingerprint density at radius 2 is 2.10 bits per heavy atom. The first-order valence-electron chi connectivity index (χ1n) is 7.19. The summed E-state index contributed by atoms with van der Waals surface area (Å²) >= 11 is 1.96. The number of rotatable bonds is 1. The number of amides is 1. The molecule has 0 radical (unpaired) electrons. The third-order valence-corrected chi connectivity index (χ3v) is 6.34. The van der Waals surface area contributed by atoms with Crippen molar-refractivity contribution in [2.75, 3.05) is 6.54 Å². The van der Waals surface area contributed by atoms with E-state index in [9.17, 15) is 14.4 Å². The third-order valence-electron chi connectivity index (χ3n) is 5.54. The van der Waals surface area contributed by atoms with Crippen molar-refractivity contribution >= 4 is 40.6 Å². The molecule has 2 aliphatic heterocycles. The van der Waals surface area contributed by atoms with Gasteiger partial charge in [-0.05, 0) is 47.9 Å². The van der Waals surface area contributed by atoms with Crippen molar-refractivity contribution in [1.29, 1.82) is 0 Å². The number of hydrogen-bond acceptors (Lipinski definition) is 4. The molecule has 3 rings (SSSR count). The molecule has 3 unspecified atom stereocenters. The number of halogens is 1. The lowest BCUT2D eigenvalue weighted by molar-refractivity contribution is -0.158. The lowest BCUT2D eigenvalue weighted by atomic mass is 9.56. The van der Waals surface area contributed by atoms with Crippen LogP contribution in [0.2, 0.25) is 0 Å². The van der Waals surface area contributed by atoms with Gasteiger partial charge in [-0.3, -0.25) is 9.59 Å². The van der Waals surface area contributed by atoms with Crippen molar-refractivity contribution < 1.29 is 14.4 Å². The molecular weight excluding hydrogens is 383 g/mol. The van der Waals surface area contributed by atoms with E-state index < -0.39 is 16.5 Å². The smallest absolute Gasteiger partial charge is 0.247 e. The number of ketones is 1. The number of carbonyl (C=O) groups excluding carboxylic acids is 3. The maximum atomic E-state index is 12.9. The van der Waals surface area contributed by atoms with Crippen molar-refractivity contribution in [3.05, 3.63) is 9.66 Å². The van der Waals surface area contributed by atoms with E-state index in [1.165, 1.54) is 0 Å². The fourth-order valence-corrected chi connectivity index (χ4v) is 5.46. The molecule has 0 saturated carbocycles. The van der Waals surface area contributed by atoms with E-state index in [-0.39, 0.29) is 17.6 Å². The molecule has 5 nitrogen and oxygen atoms in total. The van der Waals surface area contributed by atoms with Crippen molar-refractivity contribution in [3.8, 4) is 0 Å². The fourth-order valence-electron chi connectivity index (χ4n) is 4.25. The number of fused-ring (bicyclic) bond motifs is 2. The Morgan fingerprint density at radius 3 is 2.71 bits per heavy atom. The molecule has 0 bridgehead atoms. The standard InChI is InChI=1S/C15H19IN2O3/c1-13(2)10-7-14(8-19)4-3-5-18(14)12(21)15(10,17)6-9(16)11(13)20/h6,8,10H,3-5,7,17H2,1-2H3. The monoisotopic (exact) mass is 402 g/mol. The minimum Gasteiger partial charge on any atom is -0.328 e. The summed E-state index contributed by atoms with van der Waals surface area (Å²) in [6.07, 6.45) is 4.45. The lowest BCUT2D eigenvalue weighted by Crippen LogP contribution is -2.73. The van der Waals surface area contributed by atoms with Gasteiger partial charge < -0.3 is 15.4 Å². The predicted octanol–water partition coefficient (Wildman–Crippen LogP) is 1.19. The highest BCUT2D eigenvalue weighted by molar-refractivity contribution is 14.1. The van der Waals surface area contributed by atoms with Gasteiger partial charge in [-0.2, -0.15) is 0 Å². The number of nitrogens with two attached hydrogens (primary N) is 1. The van der Waals surface area contributed by atoms with Gasteiger partial charge in [-0.1, -0.05) is 13.8 Å². The second-order valence-electron chi connectivity index (χ2n) is 7.01. The summed E-state index contributed by atoms with van der Waals surface area (Å²) in [4.78, 5) is 38.8. The Labute approximate surface area is 137 Å². The van der Waals surface area contributed by atoms with Gasteiger partial charge in [0.2, 0.25) is 5.91 Å². The van der Waals surface area contributed by atoms with Crippen LogP contribution < -0.4 is 5.73 Å². The first-order valence-corrected chi connectivity index (χ1v) is 8.27. The lowest BCUT2D eigenvalue weighted by Gasteiger charge is -2.55. The van der Waals surface area contributed by atoms with E-state index in [4.69, 9.17) is 5.73 Å². The Bertz CT molecular complexity index is 585. The molecule has 114 valence electrons. The van der Waals surface area contributed by atoms with Gasteiger partial charge in [-0.25, -0.2) is 0 Å². The molecule has 2 saturated heterocycles. The van der Waals surface area contributed by atoms with E-state index in [1.807, 2.05) is 36.4 Å². The van der Waals surface area contributed by atoms with Gasteiger partial charge in [0.1, 0.15) is 11.8 Å². The Hall–Kier alpha value is -0.760. The van der Waals surface area contributed by atoms with E-state index >= 15 is 0 Å². The first-order chi connectivity index (χ1) is 9.69. The highest BCUT2D eigenvalue weighted by Gasteiger charge is 2.64. The van der Waals surface area contributed by atoms with Crippen LogP contribution in [0.3, 0.4) is 0 Å². The summed E-state index contributed by atoms with van der Waals surface area (Å²) in [6.45, 7) is 4.25. The van der Waals surface area contributed by atoms with Crippen LogP contribution in [0, 0.1) is 11.3 Å². The molecular formula is C15H19IN2O3. The fraction of sp³-hybridized carbons (Fsp3) is 0.667. The highest BCUT2D eigenvalue weighted by Crippen LogP contribution is 2.53. The van der Waals surface area contributed by atoms with Gasteiger partial charge in [0.15, 0.2) is 5.78 Å². The predicted molar refractivity (Wildman–Crippen MR) is 85.7 cm³/mol. The zero-order valence-electron chi connectivity index (χ0n) is 12.2. The van der Waals surface area contributed by atoms with Crippen LogP contribution in [0.25, 0.3) is 0 Å². The zero-order chi connectivity index (χ0) is 15.6. The van der Waals surface area contributed by atoms with Gasteiger partial charge >= 0.3 is 0 Å². The Kier molecular flexibility index (Phi) is 3.16. The summed E-state index contributed by atoms with van der Waals surface area (Å²) in [5.74, 6) is -0.546. The number of hydrogen-bond donors (Lipinski definition) is 1. The van der Waals surface area contributed by atoms with Crippen molar-refractivity contribution in [2.45, 2.75) is 44.2 Å². The van der Waals surface area contributed by atoms with Crippen LogP contribution in [0.5, 0.6) is 0 Å². The van der Waals surface area contributed by atoms with Gasteiger partial charge in [0, 0.05) is 17.9 Å². The highest BCUT2D eigenvalue weighted by atomic mass is 127. The SMILES string of the molecule is CC1(C)C(=O)C(I)=CC2(N)C(=O)N3CCCC3(C=O)CC12. The number of nitrogens with zero attached hydrogens (tertiary/aromatic N) is 1. The molecule has 2 fully saturated rings. The molecule has 1 amide bonds. The van der Waals surface area contributed by atoms with Crippen molar-refractivity contribution in [1.82, 2.24) is 4.90 Å². The minimum absolute atomic E-state index is 0.00877. The number of carbonyl (C=O) groups is 3. The van der Waals surface area contributed by atoms with Crippen molar-refractivity contribution in [3.63, 3.8) is 0 Å². The number of Topliss-reactive ketones (excluding diaryl/α,β-unsaturated/α-hetero) is 1. The molecule has 0 spiro atoms. The molecule has 3 atom stereocenters. The number of aldehydes is 1. The average molecular weight is 402 g/mol. The second-order valence-corrected chi connectivity index (χ2v) is 8.18. The van der Waals surface area contributed by atoms with Crippen LogP contribution in [-0.2, 0) is 14.4 Å². The summed E-state index contributed by atoms with van der Waals surface area (Å²) in [5, 5.41) is 0. The van der Waals surface area contributed by atoms with Gasteiger partial charge in [0.05, 0.1) is 9.12 Å². The van der Waals surface area contributed by atoms with Crippen LogP contribution in [0.4, 0.5) is 0 Å². The third kappa shape index (κ3) is 1.75. The quantitative estimate of drug-likeness (QED) is 0.528. The van der Waals surface area contributed by atoms with Gasteiger partial charge in [-0.15, -0.1) is 0 Å². The first kappa shape index (κ1) is 15.1. The van der Waals surface area contributed by atoms with E-state index in [2.05, 4.69) is 0 Å². The van der Waals surface area contributed by atoms with Gasteiger partial charge in [0.25, 0.3) is 0 Å². The molecule has 21 heavy (non-hydrogen) atoms. The molecule has 3 aliphatic rings. The average Bonchev–Trinajstić information content (AvgIpc) is 2.85. The molecule has 2 heterocycles. The Morgan fingerprint density at radius 1 is 1.43 bits per heavy atom. The summed E-state index contributed by atoms with van der Waals surface area (Å²) in [7, 11) is 0. The summed E-state index contributed by atoms with van der Waals surface area (Å²) < 4.78 is 0.516. The van der Waals surface area contributed by atoms with Crippen LogP contribution in [-0.4, -0.2) is 40.5 Å².